The summed E-state index contributed by atoms with van der Waals surface area (Å²) in [5.74, 6) is -2.19. The van der Waals surface area contributed by atoms with Crippen LogP contribution < -0.4 is 10.0 Å². The lowest BCUT2D eigenvalue weighted by Crippen LogP contribution is -2.29. The highest BCUT2D eigenvalue weighted by atomic mass is 32.2. The molecule has 0 radical (unpaired) electrons. The standard InChI is InChI=1S/C18H12FNO3S2/c1-10-6-7-12(9-13(10)17(22)23)20-16(21)15(25-18(20)24)8-11-4-2-3-5-14(11)19/h2-9H,1H3,(H,22,23)/p-1/b15-8-. The molecule has 0 aliphatic carbocycles. The molecule has 2 aromatic carbocycles. The molecule has 25 heavy (non-hydrogen) atoms. The van der Waals surface area contributed by atoms with Crippen LogP contribution in [0.4, 0.5) is 10.1 Å². The molecule has 3 rings (SSSR count). The molecule has 1 fully saturated rings. The number of thiocarbonyl (C=S) groups is 1. The van der Waals surface area contributed by atoms with Crippen LogP contribution in [0, 0.1) is 12.7 Å². The first-order valence-electron chi connectivity index (χ1n) is 7.23. The summed E-state index contributed by atoms with van der Waals surface area (Å²) in [4.78, 5) is 25.4. The van der Waals surface area contributed by atoms with Crippen LogP contribution in [0.2, 0.25) is 0 Å². The minimum absolute atomic E-state index is 0.00960. The molecule has 4 nitrogen and oxygen atoms in total. The van der Waals surface area contributed by atoms with Gasteiger partial charge in [-0.05, 0) is 36.8 Å². The van der Waals surface area contributed by atoms with Crippen molar-refractivity contribution < 1.29 is 19.1 Å². The van der Waals surface area contributed by atoms with E-state index in [0.29, 0.717) is 11.3 Å². The Morgan fingerprint density at radius 1 is 1.28 bits per heavy atom. The number of carboxylic acid groups (broad SMARTS) is 1. The molecule has 0 atom stereocenters. The number of halogens is 1. The average molecular weight is 372 g/mol. The van der Waals surface area contributed by atoms with Gasteiger partial charge in [0, 0.05) is 11.1 Å². The van der Waals surface area contributed by atoms with Gasteiger partial charge in [-0.3, -0.25) is 9.69 Å². The summed E-state index contributed by atoms with van der Waals surface area (Å²) < 4.78 is 14.0. The summed E-state index contributed by atoms with van der Waals surface area (Å²) in [7, 11) is 0. The summed E-state index contributed by atoms with van der Waals surface area (Å²) in [6, 6.07) is 10.6. The molecular weight excluding hydrogens is 361 g/mol. The zero-order chi connectivity index (χ0) is 18.1. The van der Waals surface area contributed by atoms with Crippen LogP contribution in [0.3, 0.4) is 0 Å². The van der Waals surface area contributed by atoms with E-state index < -0.39 is 17.7 Å². The Hall–Kier alpha value is -2.51. The molecule has 1 saturated heterocycles. The Labute approximate surface area is 153 Å². The maximum Gasteiger partial charge on any atom is 0.270 e. The first-order chi connectivity index (χ1) is 11.9. The van der Waals surface area contributed by atoms with Gasteiger partial charge in [0.1, 0.15) is 5.82 Å². The molecule has 0 saturated carbocycles. The smallest absolute Gasteiger partial charge is 0.270 e. The summed E-state index contributed by atoms with van der Waals surface area (Å²) in [5, 5.41) is 11.2. The van der Waals surface area contributed by atoms with Crippen molar-refractivity contribution in [2.75, 3.05) is 4.90 Å². The van der Waals surface area contributed by atoms with Crippen molar-refractivity contribution in [2.45, 2.75) is 6.92 Å². The zero-order valence-electron chi connectivity index (χ0n) is 13.0. The SMILES string of the molecule is Cc1ccc(N2C(=O)/C(=C/c3ccccc3F)SC2=S)cc1C(=O)[O-]. The topological polar surface area (TPSA) is 60.4 Å². The van der Waals surface area contributed by atoms with E-state index in [0.717, 1.165) is 11.8 Å². The van der Waals surface area contributed by atoms with Crippen LogP contribution in [-0.4, -0.2) is 16.2 Å². The molecule has 0 aromatic heterocycles. The number of rotatable bonds is 3. The maximum absolute atomic E-state index is 13.8. The number of amides is 1. The third-order valence-corrected chi connectivity index (χ3v) is 4.99. The zero-order valence-corrected chi connectivity index (χ0v) is 14.6. The van der Waals surface area contributed by atoms with E-state index in [-0.39, 0.29) is 20.4 Å². The van der Waals surface area contributed by atoms with Crippen molar-refractivity contribution in [3.63, 3.8) is 0 Å². The fourth-order valence-corrected chi connectivity index (χ4v) is 3.68. The second-order valence-corrected chi connectivity index (χ2v) is 7.00. The molecule has 0 bridgehead atoms. The number of anilines is 1. The van der Waals surface area contributed by atoms with Crippen molar-refractivity contribution in [3.05, 3.63) is 69.9 Å². The van der Waals surface area contributed by atoms with Crippen LogP contribution in [0.15, 0.2) is 47.4 Å². The highest BCUT2D eigenvalue weighted by Gasteiger charge is 2.33. The number of hydrogen-bond donors (Lipinski definition) is 0. The van der Waals surface area contributed by atoms with E-state index in [1.807, 2.05) is 0 Å². The number of benzene rings is 2. The minimum Gasteiger partial charge on any atom is -0.545 e. The third kappa shape index (κ3) is 3.33. The van der Waals surface area contributed by atoms with E-state index in [9.17, 15) is 19.1 Å². The van der Waals surface area contributed by atoms with Gasteiger partial charge < -0.3 is 9.90 Å². The van der Waals surface area contributed by atoms with Crippen LogP contribution in [-0.2, 0) is 4.79 Å². The summed E-state index contributed by atoms with van der Waals surface area (Å²) >= 11 is 6.28. The number of carbonyl (C=O) groups excluding carboxylic acids is 2. The molecule has 2 aromatic rings. The fourth-order valence-electron chi connectivity index (χ4n) is 2.39. The Morgan fingerprint density at radius 3 is 2.68 bits per heavy atom. The lowest BCUT2D eigenvalue weighted by Gasteiger charge is -2.17. The number of carboxylic acids is 1. The highest BCUT2D eigenvalue weighted by Crippen LogP contribution is 2.36. The molecule has 1 aliphatic heterocycles. The largest absolute Gasteiger partial charge is 0.545 e. The van der Waals surface area contributed by atoms with Gasteiger partial charge in [-0.1, -0.05) is 48.2 Å². The molecule has 126 valence electrons. The third-order valence-electron chi connectivity index (χ3n) is 3.68. The Kier molecular flexibility index (Phi) is 4.69. The summed E-state index contributed by atoms with van der Waals surface area (Å²) in [5.41, 5.74) is 1.13. The van der Waals surface area contributed by atoms with Crippen molar-refractivity contribution in [2.24, 2.45) is 0 Å². The minimum atomic E-state index is -1.33. The van der Waals surface area contributed by atoms with Crippen molar-refractivity contribution in [1.29, 1.82) is 0 Å². The van der Waals surface area contributed by atoms with Gasteiger partial charge in [0.25, 0.3) is 5.91 Å². The monoisotopic (exact) mass is 372 g/mol. The van der Waals surface area contributed by atoms with Gasteiger partial charge in [-0.2, -0.15) is 0 Å². The van der Waals surface area contributed by atoms with E-state index in [4.69, 9.17) is 12.2 Å². The van der Waals surface area contributed by atoms with Crippen molar-refractivity contribution in [3.8, 4) is 0 Å². The van der Waals surface area contributed by atoms with Gasteiger partial charge in [0.15, 0.2) is 4.32 Å². The quantitative estimate of drug-likeness (QED) is 0.612. The Balaban J connectivity index is 1.99. The predicted octanol–water partition coefficient (Wildman–Crippen LogP) is 2.90. The molecule has 0 spiro atoms. The van der Waals surface area contributed by atoms with Crippen molar-refractivity contribution >= 4 is 51.9 Å². The second-order valence-electron chi connectivity index (χ2n) is 5.33. The number of nitrogens with zero attached hydrogens (tertiary/aromatic N) is 1. The molecule has 1 heterocycles. The van der Waals surface area contributed by atoms with E-state index in [2.05, 4.69) is 0 Å². The molecule has 7 heteroatoms. The van der Waals surface area contributed by atoms with Gasteiger partial charge in [-0.25, -0.2) is 4.39 Å². The molecule has 0 unspecified atom stereocenters. The maximum atomic E-state index is 13.8. The number of aromatic carboxylic acids is 1. The van der Waals surface area contributed by atoms with Gasteiger partial charge in [0.2, 0.25) is 0 Å². The number of thioether (sulfide) groups is 1. The van der Waals surface area contributed by atoms with Crippen LogP contribution in [0.1, 0.15) is 21.5 Å². The Bertz CT molecular complexity index is 940. The van der Waals surface area contributed by atoms with Crippen molar-refractivity contribution in [1.82, 2.24) is 0 Å². The lowest BCUT2D eigenvalue weighted by molar-refractivity contribution is -0.255. The van der Waals surface area contributed by atoms with Crippen LogP contribution >= 0.6 is 24.0 Å². The molecule has 1 amide bonds. The number of carbonyl (C=O) groups is 2. The molecule has 1 aliphatic rings. The highest BCUT2D eigenvalue weighted by molar-refractivity contribution is 8.27. The average Bonchev–Trinajstić information content (AvgIpc) is 2.84. The van der Waals surface area contributed by atoms with E-state index in [1.165, 1.54) is 23.1 Å². The van der Waals surface area contributed by atoms with Gasteiger partial charge in [-0.15, -0.1) is 0 Å². The molecule has 0 N–H and O–H groups in total. The number of aryl methyl sites for hydroxylation is 1. The Morgan fingerprint density at radius 2 is 2.00 bits per heavy atom. The first kappa shape index (κ1) is 17.3. The second kappa shape index (κ2) is 6.78. The van der Waals surface area contributed by atoms with Crippen LogP contribution in [0.5, 0.6) is 0 Å². The van der Waals surface area contributed by atoms with Gasteiger partial charge >= 0.3 is 0 Å². The fraction of sp³-hybridized carbons (Fsp3) is 0.0556. The van der Waals surface area contributed by atoms with Gasteiger partial charge in [0.05, 0.1) is 16.6 Å². The van der Waals surface area contributed by atoms with E-state index >= 15 is 0 Å². The van der Waals surface area contributed by atoms with E-state index in [1.54, 1.807) is 37.3 Å². The normalized spacial score (nSPS) is 15.9. The van der Waals surface area contributed by atoms with Crippen LogP contribution in [0.25, 0.3) is 6.08 Å². The number of hydrogen-bond acceptors (Lipinski definition) is 5. The summed E-state index contributed by atoms with van der Waals surface area (Å²) in [6.45, 7) is 1.64. The molecular formula is C18H11FNO3S2-. The summed E-state index contributed by atoms with van der Waals surface area (Å²) in [6.07, 6.45) is 1.43. The predicted molar refractivity (Wildman–Crippen MR) is 97.6 cm³/mol. The first-order valence-corrected chi connectivity index (χ1v) is 8.45. The lowest BCUT2D eigenvalue weighted by atomic mass is 10.1.